The lowest BCUT2D eigenvalue weighted by Crippen LogP contribution is -2.10. The van der Waals surface area contributed by atoms with Crippen LogP contribution in [0.3, 0.4) is 0 Å². The quantitative estimate of drug-likeness (QED) is 0.758. The Hall–Kier alpha value is -1.09. The second kappa shape index (κ2) is 2.95. The van der Waals surface area contributed by atoms with Crippen LogP contribution >= 0.6 is 0 Å². The number of aromatic hydroxyl groups is 1. The number of benzene rings is 1. The Labute approximate surface area is 82.0 Å². The lowest BCUT2D eigenvalue weighted by atomic mass is 10.0. The van der Waals surface area contributed by atoms with Crippen molar-refractivity contribution in [3.05, 3.63) is 29.1 Å². The van der Waals surface area contributed by atoms with Gasteiger partial charge in [0.2, 0.25) is 0 Å². The van der Waals surface area contributed by atoms with Crippen LogP contribution in [0.2, 0.25) is 0 Å². The molecule has 1 fully saturated rings. The third-order valence-electron chi connectivity index (χ3n) is 2.66. The van der Waals surface area contributed by atoms with Crippen molar-refractivity contribution >= 4 is 0 Å². The fourth-order valence-electron chi connectivity index (χ4n) is 1.63. The van der Waals surface area contributed by atoms with Crippen molar-refractivity contribution in [2.24, 2.45) is 0 Å². The first-order valence-corrected chi connectivity index (χ1v) is 4.71. The van der Waals surface area contributed by atoms with E-state index in [9.17, 15) is 14.6 Å². The Balaban J connectivity index is 2.26. The summed E-state index contributed by atoms with van der Waals surface area (Å²) >= 11 is 0. The monoisotopic (exact) mass is 196 g/mol. The van der Waals surface area contributed by atoms with Crippen LogP contribution in [-0.2, 0) is 6.42 Å². The minimum atomic E-state index is -0.600. The number of phenolic OH excluding ortho intramolecular Hbond substituents is 1. The molecule has 0 aliphatic heterocycles. The fourth-order valence-corrected chi connectivity index (χ4v) is 1.63. The van der Waals surface area contributed by atoms with E-state index in [0.717, 1.165) is 18.4 Å². The zero-order valence-corrected chi connectivity index (χ0v) is 8.05. The molecule has 0 spiro atoms. The van der Waals surface area contributed by atoms with Crippen LogP contribution in [0.1, 0.15) is 24.0 Å². The second-order valence-corrected chi connectivity index (χ2v) is 4.15. The third-order valence-corrected chi connectivity index (χ3v) is 2.66. The van der Waals surface area contributed by atoms with Crippen molar-refractivity contribution in [3.63, 3.8) is 0 Å². The summed E-state index contributed by atoms with van der Waals surface area (Å²) in [6.45, 7) is 1.61. The molecule has 2 rings (SSSR count). The van der Waals surface area contributed by atoms with E-state index in [4.69, 9.17) is 0 Å². The summed E-state index contributed by atoms with van der Waals surface area (Å²) < 4.78 is 13.0. The maximum absolute atomic E-state index is 13.0. The molecular formula is C11H13FO2. The van der Waals surface area contributed by atoms with Gasteiger partial charge in [0, 0.05) is 6.42 Å². The average molecular weight is 196 g/mol. The lowest BCUT2D eigenvalue weighted by Gasteiger charge is -2.09. The van der Waals surface area contributed by atoms with Crippen molar-refractivity contribution in [2.75, 3.05) is 0 Å². The number of hydrogen-bond acceptors (Lipinski definition) is 2. The highest BCUT2D eigenvalue weighted by molar-refractivity contribution is 5.36. The summed E-state index contributed by atoms with van der Waals surface area (Å²) in [6.07, 6.45) is 2.09. The van der Waals surface area contributed by atoms with Gasteiger partial charge in [-0.15, -0.1) is 0 Å². The molecule has 0 unspecified atom stereocenters. The minimum absolute atomic E-state index is 0.329. The molecule has 1 aromatic carbocycles. The standard InChI is InChI=1S/C11H13FO2/c1-7-4-8(5-9(13)10(7)12)6-11(14)2-3-11/h4-5,13-14H,2-3,6H2,1H3. The molecule has 2 N–H and O–H groups in total. The van der Waals surface area contributed by atoms with E-state index in [2.05, 4.69) is 0 Å². The Morgan fingerprint density at radius 2 is 2.07 bits per heavy atom. The van der Waals surface area contributed by atoms with E-state index < -0.39 is 11.4 Å². The van der Waals surface area contributed by atoms with Crippen molar-refractivity contribution < 1.29 is 14.6 Å². The number of aryl methyl sites for hydroxylation is 1. The van der Waals surface area contributed by atoms with E-state index in [-0.39, 0.29) is 5.75 Å². The van der Waals surface area contributed by atoms with Crippen LogP contribution in [0.5, 0.6) is 5.75 Å². The van der Waals surface area contributed by atoms with E-state index >= 15 is 0 Å². The summed E-state index contributed by atoms with van der Waals surface area (Å²) in [5.41, 5.74) is 0.613. The smallest absolute Gasteiger partial charge is 0.167 e. The molecule has 3 heteroatoms. The maximum Gasteiger partial charge on any atom is 0.167 e. The molecular weight excluding hydrogens is 183 g/mol. The number of rotatable bonds is 2. The van der Waals surface area contributed by atoms with Crippen molar-refractivity contribution in [2.45, 2.75) is 31.8 Å². The van der Waals surface area contributed by atoms with Gasteiger partial charge in [0.15, 0.2) is 11.6 Å². The molecule has 2 nitrogen and oxygen atoms in total. The molecule has 1 aromatic rings. The van der Waals surface area contributed by atoms with Gasteiger partial charge in [0.25, 0.3) is 0 Å². The van der Waals surface area contributed by atoms with Crippen LogP contribution in [0.15, 0.2) is 12.1 Å². The molecule has 0 bridgehead atoms. The van der Waals surface area contributed by atoms with Gasteiger partial charge in [-0.05, 0) is 37.0 Å². The maximum atomic E-state index is 13.0. The van der Waals surface area contributed by atoms with Crippen LogP contribution in [0, 0.1) is 12.7 Å². The SMILES string of the molecule is Cc1cc(CC2(O)CC2)cc(O)c1F. The zero-order valence-electron chi connectivity index (χ0n) is 8.05. The van der Waals surface area contributed by atoms with Crippen LogP contribution in [0.25, 0.3) is 0 Å². The number of hydrogen-bond donors (Lipinski definition) is 2. The minimum Gasteiger partial charge on any atom is -0.505 e. The highest BCUT2D eigenvalue weighted by Crippen LogP contribution is 2.39. The van der Waals surface area contributed by atoms with Crippen molar-refractivity contribution in [1.29, 1.82) is 0 Å². The van der Waals surface area contributed by atoms with E-state index in [1.165, 1.54) is 6.07 Å². The molecule has 0 heterocycles. The zero-order chi connectivity index (χ0) is 10.3. The summed E-state index contributed by atoms with van der Waals surface area (Å²) in [5.74, 6) is -0.902. The predicted octanol–water partition coefficient (Wildman–Crippen LogP) is 1.91. The molecule has 1 saturated carbocycles. The molecule has 0 aromatic heterocycles. The average Bonchev–Trinajstić information content (AvgIpc) is 2.79. The third kappa shape index (κ3) is 1.73. The van der Waals surface area contributed by atoms with Gasteiger partial charge in [-0.2, -0.15) is 0 Å². The van der Waals surface area contributed by atoms with Crippen molar-refractivity contribution in [3.8, 4) is 5.75 Å². The summed E-state index contributed by atoms with van der Waals surface area (Å²) in [5, 5.41) is 18.9. The topological polar surface area (TPSA) is 40.5 Å². The molecule has 0 saturated heterocycles. The Morgan fingerprint density at radius 3 is 2.57 bits per heavy atom. The van der Waals surface area contributed by atoms with E-state index in [1.54, 1.807) is 13.0 Å². The van der Waals surface area contributed by atoms with Gasteiger partial charge in [0.1, 0.15) is 0 Å². The Kier molecular flexibility index (Phi) is 2.00. The van der Waals surface area contributed by atoms with Crippen LogP contribution in [-0.4, -0.2) is 15.8 Å². The molecule has 14 heavy (non-hydrogen) atoms. The highest BCUT2D eigenvalue weighted by Gasteiger charge is 2.40. The van der Waals surface area contributed by atoms with Crippen molar-refractivity contribution in [1.82, 2.24) is 0 Å². The largest absolute Gasteiger partial charge is 0.505 e. The summed E-state index contributed by atoms with van der Waals surface area (Å²) in [7, 11) is 0. The van der Waals surface area contributed by atoms with Gasteiger partial charge >= 0.3 is 0 Å². The highest BCUT2D eigenvalue weighted by atomic mass is 19.1. The molecule has 1 aliphatic carbocycles. The number of aliphatic hydroxyl groups is 1. The molecule has 0 radical (unpaired) electrons. The normalized spacial score (nSPS) is 18.2. The van der Waals surface area contributed by atoms with Gasteiger partial charge in [-0.3, -0.25) is 0 Å². The molecule has 0 atom stereocenters. The fraction of sp³-hybridized carbons (Fsp3) is 0.455. The van der Waals surface area contributed by atoms with Gasteiger partial charge in [-0.25, -0.2) is 4.39 Å². The molecule has 1 aliphatic rings. The lowest BCUT2D eigenvalue weighted by molar-refractivity contribution is 0.151. The first-order valence-electron chi connectivity index (χ1n) is 4.71. The van der Waals surface area contributed by atoms with Gasteiger partial charge in [0.05, 0.1) is 5.60 Å². The van der Waals surface area contributed by atoms with E-state index in [0.29, 0.717) is 12.0 Å². The van der Waals surface area contributed by atoms with Gasteiger partial charge < -0.3 is 10.2 Å². The molecule has 76 valence electrons. The van der Waals surface area contributed by atoms with Gasteiger partial charge in [-0.1, -0.05) is 6.07 Å². The first-order chi connectivity index (χ1) is 6.50. The van der Waals surface area contributed by atoms with Crippen LogP contribution in [0.4, 0.5) is 4.39 Å². The summed E-state index contributed by atoms with van der Waals surface area (Å²) in [6, 6.07) is 3.06. The summed E-state index contributed by atoms with van der Waals surface area (Å²) in [4.78, 5) is 0. The molecule has 0 amide bonds. The predicted molar refractivity (Wildman–Crippen MR) is 50.7 cm³/mol. The Morgan fingerprint density at radius 1 is 1.43 bits per heavy atom. The van der Waals surface area contributed by atoms with E-state index in [1.807, 2.05) is 0 Å². The number of phenols is 1. The number of halogens is 1. The first kappa shape index (κ1) is 9.46. The Bertz CT molecular complexity index is 347. The van der Waals surface area contributed by atoms with Crippen LogP contribution < -0.4 is 0 Å². The second-order valence-electron chi connectivity index (χ2n) is 4.15.